The van der Waals surface area contributed by atoms with Gasteiger partial charge < -0.3 is 10.1 Å². The van der Waals surface area contributed by atoms with Gasteiger partial charge in [0.15, 0.2) is 0 Å². The van der Waals surface area contributed by atoms with E-state index in [2.05, 4.69) is 10.3 Å². The molecule has 1 N–H and O–H groups in total. The Bertz CT molecular complexity index is 1060. The van der Waals surface area contributed by atoms with Crippen LogP contribution in [0.1, 0.15) is 10.6 Å². The third-order valence-corrected chi connectivity index (χ3v) is 5.27. The Morgan fingerprint density at radius 2 is 2.11 bits per heavy atom. The van der Waals surface area contributed by atoms with E-state index in [9.17, 15) is 4.79 Å². The predicted octanol–water partition coefficient (Wildman–Crippen LogP) is 5.11. The first kappa shape index (κ1) is 18.5. The second-order valence-electron chi connectivity index (χ2n) is 6.23. The van der Waals surface area contributed by atoms with Gasteiger partial charge in [0, 0.05) is 27.6 Å². The van der Waals surface area contributed by atoms with Crippen LogP contribution in [-0.2, 0) is 11.3 Å². The van der Waals surface area contributed by atoms with Crippen LogP contribution in [0.15, 0.2) is 71.6 Å². The zero-order chi connectivity index (χ0) is 19.3. The van der Waals surface area contributed by atoms with Crippen LogP contribution in [0.4, 0.5) is 0 Å². The topological polar surface area (TPSA) is 51.2 Å². The Labute approximate surface area is 172 Å². The molecule has 1 aliphatic heterocycles. The van der Waals surface area contributed by atoms with Crippen molar-refractivity contribution >= 4 is 34.9 Å². The van der Waals surface area contributed by atoms with Gasteiger partial charge in [0.05, 0.1) is 12.2 Å². The Hall–Kier alpha value is -2.89. The summed E-state index contributed by atoms with van der Waals surface area (Å²) >= 11 is 7.55. The number of rotatable bonds is 5. The zero-order valence-electron chi connectivity index (χ0n) is 14.9. The molecule has 140 valence electrons. The SMILES string of the molecule is O=C(C=CC1=Cc2cc(Cl)ccc2OC1)NCc1nc(-c2ccccc2)cs1. The van der Waals surface area contributed by atoms with Gasteiger partial charge in [0.25, 0.3) is 0 Å². The number of carbonyl (C=O) groups excluding carboxylic acids is 1. The minimum atomic E-state index is -0.172. The summed E-state index contributed by atoms with van der Waals surface area (Å²) in [7, 11) is 0. The van der Waals surface area contributed by atoms with E-state index in [1.165, 1.54) is 17.4 Å². The second kappa shape index (κ2) is 8.42. The molecule has 0 atom stereocenters. The number of hydrogen-bond donors (Lipinski definition) is 1. The first-order valence-electron chi connectivity index (χ1n) is 8.76. The molecule has 1 amide bonds. The van der Waals surface area contributed by atoms with Gasteiger partial charge in [-0.05, 0) is 29.8 Å². The highest BCUT2D eigenvalue weighted by atomic mass is 35.5. The van der Waals surface area contributed by atoms with E-state index >= 15 is 0 Å². The standard InChI is InChI=1S/C22H17ClN2O2S/c23-18-7-8-20-17(11-18)10-15(13-27-20)6-9-21(26)24-12-22-25-19(14-28-22)16-4-2-1-3-5-16/h1-11,14H,12-13H2,(H,24,26). The minimum absolute atomic E-state index is 0.172. The van der Waals surface area contributed by atoms with Crippen molar-refractivity contribution in [1.29, 1.82) is 0 Å². The molecule has 0 fully saturated rings. The summed E-state index contributed by atoms with van der Waals surface area (Å²) in [6.45, 7) is 0.819. The molecule has 0 unspecified atom stereocenters. The quantitative estimate of drug-likeness (QED) is 0.596. The Kier molecular flexibility index (Phi) is 5.55. The third-order valence-electron chi connectivity index (χ3n) is 4.19. The molecule has 0 bridgehead atoms. The molecule has 0 saturated heterocycles. The summed E-state index contributed by atoms with van der Waals surface area (Å²) in [6, 6.07) is 15.5. The normalized spacial score (nSPS) is 13.0. The largest absolute Gasteiger partial charge is 0.488 e. The Morgan fingerprint density at radius 3 is 2.96 bits per heavy atom. The molecule has 4 rings (SSSR count). The number of thiazole rings is 1. The van der Waals surface area contributed by atoms with Crippen LogP contribution in [0.25, 0.3) is 17.3 Å². The Morgan fingerprint density at radius 1 is 1.25 bits per heavy atom. The first-order valence-corrected chi connectivity index (χ1v) is 10.0. The van der Waals surface area contributed by atoms with E-state index in [-0.39, 0.29) is 5.91 Å². The number of halogens is 1. The monoisotopic (exact) mass is 408 g/mol. The van der Waals surface area contributed by atoms with Gasteiger partial charge >= 0.3 is 0 Å². The summed E-state index contributed by atoms with van der Waals surface area (Å²) in [5.41, 5.74) is 3.81. The summed E-state index contributed by atoms with van der Waals surface area (Å²) in [4.78, 5) is 16.7. The van der Waals surface area contributed by atoms with Gasteiger partial charge in [0.2, 0.25) is 5.91 Å². The zero-order valence-corrected chi connectivity index (χ0v) is 16.5. The fourth-order valence-corrected chi connectivity index (χ4v) is 3.72. The van der Waals surface area contributed by atoms with Crippen LogP contribution in [-0.4, -0.2) is 17.5 Å². The van der Waals surface area contributed by atoms with Gasteiger partial charge in [-0.25, -0.2) is 4.98 Å². The van der Waals surface area contributed by atoms with Crippen molar-refractivity contribution in [2.24, 2.45) is 0 Å². The molecule has 4 nitrogen and oxygen atoms in total. The molecular formula is C22H17ClN2O2S. The van der Waals surface area contributed by atoms with Crippen molar-refractivity contribution in [3.8, 4) is 17.0 Å². The van der Waals surface area contributed by atoms with Gasteiger partial charge in [-0.3, -0.25) is 4.79 Å². The fourth-order valence-electron chi connectivity index (χ4n) is 2.80. The number of hydrogen-bond acceptors (Lipinski definition) is 4. The maximum absolute atomic E-state index is 12.1. The van der Waals surface area contributed by atoms with E-state index < -0.39 is 0 Å². The average Bonchev–Trinajstić information content (AvgIpc) is 3.20. The van der Waals surface area contributed by atoms with Crippen molar-refractivity contribution in [2.75, 3.05) is 6.61 Å². The molecule has 28 heavy (non-hydrogen) atoms. The summed E-state index contributed by atoms with van der Waals surface area (Å²) in [6.07, 6.45) is 5.24. The van der Waals surface area contributed by atoms with Crippen LogP contribution in [0.3, 0.4) is 0 Å². The first-order chi connectivity index (χ1) is 13.7. The van der Waals surface area contributed by atoms with E-state index in [0.717, 1.165) is 33.2 Å². The van der Waals surface area contributed by atoms with Crippen molar-refractivity contribution in [3.63, 3.8) is 0 Å². The van der Waals surface area contributed by atoms with Crippen molar-refractivity contribution in [3.05, 3.63) is 87.2 Å². The number of aromatic nitrogens is 1. The number of fused-ring (bicyclic) bond motifs is 1. The molecule has 2 heterocycles. The third kappa shape index (κ3) is 4.50. The van der Waals surface area contributed by atoms with E-state index in [1.807, 2.05) is 53.9 Å². The highest BCUT2D eigenvalue weighted by molar-refractivity contribution is 7.09. The molecular weight excluding hydrogens is 392 g/mol. The highest BCUT2D eigenvalue weighted by Crippen LogP contribution is 2.29. The van der Waals surface area contributed by atoms with Crippen molar-refractivity contribution < 1.29 is 9.53 Å². The molecule has 6 heteroatoms. The molecule has 0 saturated carbocycles. The molecule has 1 aliphatic rings. The number of benzene rings is 2. The lowest BCUT2D eigenvalue weighted by molar-refractivity contribution is -0.116. The van der Waals surface area contributed by atoms with Gasteiger partial charge in [-0.1, -0.05) is 48.0 Å². The number of nitrogens with zero attached hydrogens (tertiary/aromatic N) is 1. The molecule has 0 radical (unpaired) electrons. The lowest BCUT2D eigenvalue weighted by atomic mass is 10.1. The molecule has 2 aromatic carbocycles. The maximum atomic E-state index is 12.1. The molecule has 0 aliphatic carbocycles. The van der Waals surface area contributed by atoms with Crippen LogP contribution in [0.2, 0.25) is 5.02 Å². The van der Waals surface area contributed by atoms with Gasteiger partial charge in [-0.2, -0.15) is 0 Å². The molecule has 3 aromatic rings. The summed E-state index contributed by atoms with van der Waals surface area (Å²) in [5.74, 6) is 0.623. The van der Waals surface area contributed by atoms with Crippen molar-refractivity contribution in [2.45, 2.75) is 6.54 Å². The number of nitrogens with one attached hydrogen (secondary N) is 1. The maximum Gasteiger partial charge on any atom is 0.244 e. The smallest absolute Gasteiger partial charge is 0.244 e. The average molecular weight is 409 g/mol. The second-order valence-corrected chi connectivity index (χ2v) is 7.61. The summed E-state index contributed by atoms with van der Waals surface area (Å²) < 4.78 is 5.68. The van der Waals surface area contributed by atoms with Crippen molar-refractivity contribution in [1.82, 2.24) is 10.3 Å². The van der Waals surface area contributed by atoms with Gasteiger partial charge in [-0.15, -0.1) is 11.3 Å². The fraction of sp³-hybridized carbons (Fsp3) is 0.0909. The van der Waals surface area contributed by atoms with Crippen LogP contribution < -0.4 is 10.1 Å². The molecule has 0 spiro atoms. The van der Waals surface area contributed by atoms with E-state index in [1.54, 1.807) is 12.1 Å². The number of ether oxygens (including phenoxy) is 1. The lowest BCUT2D eigenvalue weighted by Gasteiger charge is -2.16. The van der Waals surface area contributed by atoms with Crippen LogP contribution in [0.5, 0.6) is 5.75 Å². The summed E-state index contributed by atoms with van der Waals surface area (Å²) in [5, 5.41) is 6.38. The highest BCUT2D eigenvalue weighted by Gasteiger charge is 2.10. The van der Waals surface area contributed by atoms with Crippen LogP contribution in [0, 0.1) is 0 Å². The minimum Gasteiger partial charge on any atom is -0.488 e. The Balaban J connectivity index is 1.34. The number of amides is 1. The van der Waals surface area contributed by atoms with E-state index in [0.29, 0.717) is 18.2 Å². The molecule has 1 aromatic heterocycles. The van der Waals surface area contributed by atoms with Crippen LogP contribution >= 0.6 is 22.9 Å². The van der Waals surface area contributed by atoms with Gasteiger partial charge in [0.1, 0.15) is 17.4 Å². The predicted molar refractivity (Wildman–Crippen MR) is 113 cm³/mol. The van der Waals surface area contributed by atoms with E-state index in [4.69, 9.17) is 16.3 Å². The lowest BCUT2D eigenvalue weighted by Crippen LogP contribution is -2.20. The number of carbonyl (C=O) groups is 1.